The topological polar surface area (TPSA) is 47.6 Å². The molecule has 1 aliphatic rings. The average Bonchev–Trinajstić information content (AvgIpc) is 2.62. The zero-order chi connectivity index (χ0) is 20.5. The molecule has 4 heteroatoms. The second-order valence-corrected chi connectivity index (χ2v) is 8.43. The van der Waals surface area contributed by atoms with Gasteiger partial charge in [-0.25, -0.2) is 0 Å². The molecule has 0 radical (unpaired) electrons. The van der Waals surface area contributed by atoms with Gasteiger partial charge in [0.15, 0.2) is 6.10 Å². The van der Waals surface area contributed by atoms with E-state index in [-0.39, 0.29) is 17.6 Å². The second kappa shape index (κ2) is 7.86. The molecule has 0 spiro atoms. The van der Waals surface area contributed by atoms with Crippen molar-refractivity contribution in [3.63, 3.8) is 0 Å². The van der Waals surface area contributed by atoms with Crippen LogP contribution in [0.25, 0.3) is 0 Å². The third kappa shape index (κ3) is 4.49. The number of benzene rings is 2. The van der Waals surface area contributed by atoms with Gasteiger partial charge in [0.25, 0.3) is 5.91 Å². The number of carbonyl (C=O) groups excluding carboxylic acids is 1. The van der Waals surface area contributed by atoms with E-state index in [1.807, 2.05) is 44.2 Å². The molecule has 0 unspecified atom stereocenters. The lowest BCUT2D eigenvalue weighted by Gasteiger charge is -2.38. The molecule has 0 fully saturated rings. The minimum Gasteiger partial charge on any atom is -0.487 e. The van der Waals surface area contributed by atoms with E-state index >= 15 is 0 Å². The van der Waals surface area contributed by atoms with Gasteiger partial charge in [-0.2, -0.15) is 0 Å². The lowest BCUT2D eigenvalue weighted by Crippen LogP contribution is -2.45. The molecule has 2 atom stereocenters. The van der Waals surface area contributed by atoms with Crippen LogP contribution < -0.4 is 14.8 Å². The van der Waals surface area contributed by atoms with E-state index in [0.717, 1.165) is 34.6 Å². The lowest BCUT2D eigenvalue weighted by molar-refractivity contribution is -0.129. The van der Waals surface area contributed by atoms with Crippen LogP contribution in [-0.2, 0) is 4.79 Å². The van der Waals surface area contributed by atoms with Crippen LogP contribution in [0.15, 0.2) is 36.4 Å². The first kappa shape index (κ1) is 20.2. The van der Waals surface area contributed by atoms with Crippen molar-refractivity contribution in [1.29, 1.82) is 0 Å². The van der Waals surface area contributed by atoms with Crippen LogP contribution >= 0.6 is 0 Å². The van der Waals surface area contributed by atoms with E-state index in [4.69, 9.17) is 9.47 Å². The number of nitrogens with one attached hydrogen (secondary N) is 1. The van der Waals surface area contributed by atoms with E-state index in [0.29, 0.717) is 6.42 Å². The van der Waals surface area contributed by atoms with Gasteiger partial charge in [-0.1, -0.05) is 30.7 Å². The molecule has 1 amide bonds. The van der Waals surface area contributed by atoms with Crippen molar-refractivity contribution in [2.24, 2.45) is 0 Å². The molecule has 1 aliphatic heterocycles. The van der Waals surface area contributed by atoms with Crippen molar-refractivity contribution < 1.29 is 14.3 Å². The van der Waals surface area contributed by atoms with Crippen LogP contribution in [0.2, 0.25) is 0 Å². The van der Waals surface area contributed by atoms with Crippen LogP contribution in [0.1, 0.15) is 61.9 Å². The number of aryl methyl sites for hydroxylation is 3. The average molecular weight is 382 g/mol. The molecule has 0 aliphatic carbocycles. The molecule has 1 N–H and O–H groups in total. The third-order valence-corrected chi connectivity index (χ3v) is 5.36. The Morgan fingerprint density at radius 3 is 2.61 bits per heavy atom. The van der Waals surface area contributed by atoms with E-state index in [1.165, 1.54) is 5.56 Å². The van der Waals surface area contributed by atoms with Gasteiger partial charge in [0, 0.05) is 12.0 Å². The fourth-order valence-electron chi connectivity index (χ4n) is 3.64. The van der Waals surface area contributed by atoms with Gasteiger partial charge in [0.2, 0.25) is 0 Å². The monoisotopic (exact) mass is 381 g/mol. The molecule has 0 aromatic heterocycles. The Morgan fingerprint density at radius 2 is 1.93 bits per heavy atom. The zero-order valence-corrected chi connectivity index (χ0v) is 17.8. The van der Waals surface area contributed by atoms with E-state index in [2.05, 4.69) is 39.1 Å². The molecule has 1 heterocycles. The van der Waals surface area contributed by atoms with Crippen molar-refractivity contribution in [3.05, 3.63) is 58.7 Å². The maximum atomic E-state index is 13.0. The highest BCUT2D eigenvalue weighted by Gasteiger charge is 2.35. The van der Waals surface area contributed by atoms with Crippen LogP contribution in [0.5, 0.6) is 11.5 Å². The van der Waals surface area contributed by atoms with Crippen LogP contribution in [0.4, 0.5) is 0 Å². The zero-order valence-electron chi connectivity index (χ0n) is 17.8. The molecule has 150 valence electrons. The molecular formula is C24H31NO3. The number of hydrogen-bond donors (Lipinski definition) is 1. The van der Waals surface area contributed by atoms with Crippen molar-refractivity contribution in [3.8, 4) is 11.5 Å². The number of fused-ring (bicyclic) bond motifs is 1. The number of rotatable bonds is 5. The maximum absolute atomic E-state index is 13.0. The van der Waals surface area contributed by atoms with Crippen molar-refractivity contribution in [2.45, 2.75) is 72.1 Å². The van der Waals surface area contributed by atoms with Gasteiger partial charge < -0.3 is 14.8 Å². The number of carbonyl (C=O) groups is 1. The maximum Gasteiger partial charge on any atom is 0.261 e. The fourth-order valence-corrected chi connectivity index (χ4v) is 3.64. The first-order valence-electron chi connectivity index (χ1n) is 10.0. The smallest absolute Gasteiger partial charge is 0.261 e. The summed E-state index contributed by atoms with van der Waals surface area (Å²) in [5.41, 5.74) is 4.22. The molecule has 3 rings (SSSR count). The summed E-state index contributed by atoms with van der Waals surface area (Å²) in [7, 11) is 0. The Labute approximate surface area is 168 Å². The molecule has 0 bridgehead atoms. The van der Waals surface area contributed by atoms with Crippen molar-refractivity contribution in [2.75, 3.05) is 0 Å². The number of amides is 1. The van der Waals surface area contributed by atoms with Crippen molar-refractivity contribution >= 4 is 5.91 Å². The Balaban J connectivity index is 1.78. The summed E-state index contributed by atoms with van der Waals surface area (Å²) in [6, 6.07) is 12.0. The molecule has 4 nitrogen and oxygen atoms in total. The highest BCUT2D eigenvalue weighted by molar-refractivity contribution is 5.81. The standard InChI is InChI=1S/C24H31NO3/c1-7-21(27-18-10-9-16(3)17(4)13-18)23(26)25-20-14-24(5,6)28-22-11-8-15(2)12-19(20)22/h8-13,20-21H,7,14H2,1-6H3,(H,25,26)/t20-,21+/m0/s1. The first-order valence-corrected chi connectivity index (χ1v) is 10.0. The normalized spacial score (nSPS) is 18.6. The van der Waals surface area contributed by atoms with Gasteiger partial charge in [-0.3, -0.25) is 4.79 Å². The van der Waals surface area contributed by atoms with Crippen LogP contribution in [-0.4, -0.2) is 17.6 Å². The van der Waals surface area contributed by atoms with Crippen molar-refractivity contribution in [1.82, 2.24) is 5.32 Å². The number of hydrogen-bond acceptors (Lipinski definition) is 3. The van der Waals surface area contributed by atoms with Gasteiger partial charge in [0.1, 0.15) is 17.1 Å². The molecule has 28 heavy (non-hydrogen) atoms. The fraction of sp³-hybridized carbons (Fsp3) is 0.458. The minimum atomic E-state index is -0.527. The predicted molar refractivity (Wildman–Crippen MR) is 112 cm³/mol. The third-order valence-electron chi connectivity index (χ3n) is 5.36. The Morgan fingerprint density at radius 1 is 1.18 bits per heavy atom. The van der Waals surface area contributed by atoms with Gasteiger partial charge in [-0.15, -0.1) is 0 Å². The summed E-state index contributed by atoms with van der Waals surface area (Å²) < 4.78 is 12.1. The predicted octanol–water partition coefficient (Wildman–Crippen LogP) is 5.19. The molecule has 2 aromatic carbocycles. The Hall–Kier alpha value is -2.49. The summed E-state index contributed by atoms with van der Waals surface area (Å²) in [5.74, 6) is 1.49. The van der Waals surface area contributed by atoms with E-state index in [9.17, 15) is 4.79 Å². The Bertz CT molecular complexity index is 872. The van der Waals surface area contributed by atoms with Crippen LogP contribution in [0.3, 0.4) is 0 Å². The number of ether oxygens (including phenoxy) is 2. The summed E-state index contributed by atoms with van der Waals surface area (Å²) in [6.45, 7) is 12.2. The quantitative estimate of drug-likeness (QED) is 0.775. The first-order chi connectivity index (χ1) is 13.2. The SMILES string of the molecule is CC[C@@H](Oc1ccc(C)c(C)c1)C(=O)N[C@H]1CC(C)(C)Oc2ccc(C)cc21. The van der Waals surface area contributed by atoms with Crippen LogP contribution in [0, 0.1) is 20.8 Å². The molecule has 0 saturated heterocycles. The largest absolute Gasteiger partial charge is 0.487 e. The minimum absolute atomic E-state index is 0.0871. The van der Waals surface area contributed by atoms with E-state index in [1.54, 1.807) is 0 Å². The van der Waals surface area contributed by atoms with E-state index < -0.39 is 6.10 Å². The summed E-state index contributed by atoms with van der Waals surface area (Å²) >= 11 is 0. The highest BCUT2D eigenvalue weighted by atomic mass is 16.5. The van der Waals surface area contributed by atoms with Gasteiger partial charge in [0.05, 0.1) is 6.04 Å². The molecular weight excluding hydrogens is 350 g/mol. The molecule has 2 aromatic rings. The lowest BCUT2D eigenvalue weighted by atomic mass is 9.88. The second-order valence-electron chi connectivity index (χ2n) is 8.43. The Kier molecular flexibility index (Phi) is 5.69. The van der Waals surface area contributed by atoms with Gasteiger partial charge in [-0.05, 0) is 70.4 Å². The summed E-state index contributed by atoms with van der Waals surface area (Å²) in [6.07, 6.45) is 0.794. The highest BCUT2D eigenvalue weighted by Crippen LogP contribution is 2.40. The summed E-state index contributed by atoms with van der Waals surface area (Å²) in [4.78, 5) is 13.0. The molecule has 0 saturated carbocycles. The summed E-state index contributed by atoms with van der Waals surface area (Å²) in [5, 5.41) is 3.21. The van der Waals surface area contributed by atoms with Gasteiger partial charge >= 0.3 is 0 Å².